The molecule has 0 aliphatic carbocycles. The van der Waals surface area contributed by atoms with E-state index < -0.39 is 10.0 Å². The molecule has 0 bridgehead atoms. The molecule has 0 saturated heterocycles. The van der Waals surface area contributed by atoms with Gasteiger partial charge in [-0.3, -0.25) is 0 Å². The lowest BCUT2D eigenvalue weighted by Gasteiger charge is -2.16. The first kappa shape index (κ1) is 17.7. The predicted octanol–water partition coefficient (Wildman–Crippen LogP) is 0.561. The van der Waals surface area contributed by atoms with Crippen molar-refractivity contribution < 1.29 is 22.6 Å². The van der Waals surface area contributed by atoms with Crippen LogP contribution in [0.3, 0.4) is 0 Å². The second-order valence-electron chi connectivity index (χ2n) is 4.41. The molecule has 1 aromatic carbocycles. The van der Waals surface area contributed by atoms with Crippen molar-refractivity contribution >= 4 is 15.7 Å². The molecule has 0 heterocycles. The average Bonchev–Trinajstić information content (AvgIpc) is 2.43. The molecule has 120 valence electrons. The predicted molar refractivity (Wildman–Crippen MR) is 79.9 cm³/mol. The van der Waals surface area contributed by atoms with Gasteiger partial charge in [0.2, 0.25) is 10.0 Å². The van der Waals surface area contributed by atoms with Gasteiger partial charge in [-0.2, -0.15) is 0 Å². The third-order valence-electron chi connectivity index (χ3n) is 2.70. The number of para-hydroxylation sites is 1. The second kappa shape index (κ2) is 8.18. The minimum atomic E-state index is -3.59. The first-order valence-electron chi connectivity index (χ1n) is 6.41. The van der Waals surface area contributed by atoms with Gasteiger partial charge in [-0.15, -0.1) is 0 Å². The van der Waals surface area contributed by atoms with E-state index in [0.29, 0.717) is 25.6 Å². The van der Waals surface area contributed by atoms with Gasteiger partial charge in [-0.25, -0.2) is 12.7 Å². The van der Waals surface area contributed by atoms with Crippen LogP contribution in [-0.4, -0.2) is 60.4 Å². The minimum absolute atomic E-state index is 0.0327. The van der Waals surface area contributed by atoms with Gasteiger partial charge in [-0.1, -0.05) is 6.07 Å². The van der Waals surface area contributed by atoms with Crippen LogP contribution in [0.4, 0.5) is 5.69 Å². The molecule has 0 saturated carbocycles. The van der Waals surface area contributed by atoms with Crippen LogP contribution in [0, 0.1) is 0 Å². The van der Waals surface area contributed by atoms with Crippen LogP contribution < -0.4 is 10.5 Å². The minimum Gasteiger partial charge on any atom is -0.489 e. The summed E-state index contributed by atoms with van der Waals surface area (Å²) in [6.07, 6.45) is 0. The van der Waals surface area contributed by atoms with Crippen molar-refractivity contribution in [2.24, 2.45) is 0 Å². The highest BCUT2D eigenvalue weighted by Gasteiger charge is 2.22. The van der Waals surface area contributed by atoms with E-state index in [1.807, 2.05) is 0 Å². The molecule has 0 atom stereocenters. The third kappa shape index (κ3) is 4.85. The van der Waals surface area contributed by atoms with Crippen LogP contribution in [0.2, 0.25) is 0 Å². The van der Waals surface area contributed by atoms with Crippen molar-refractivity contribution in [1.29, 1.82) is 0 Å². The van der Waals surface area contributed by atoms with Gasteiger partial charge in [0, 0.05) is 21.2 Å². The molecule has 0 amide bonds. The maximum atomic E-state index is 12.1. The number of sulfonamides is 1. The zero-order valence-electron chi connectivity index (χ0n) is 12.5. The Morgan fingerprint density at radius 1 is 1.14 bits per heavy atom. The number of ether oxygens (including phenoxy) is 3. The fourth-order valence-electron chi connectivity index (χ4n) is 1.53. The van der Waals surface area contributed by atoms with Crippen LogP contribution in [0.15, 0.2) is 23.1 Å². The Balaban J connectivity index is 2.69. The third-order valence-corrected chi connectivity index (χ3v) is 4.58. The SMILES string of the molecule is COCCOCCOc1cccc(S(=O)(=O)N(C)C)c1N. The Morgan fingerprint density at radius 3 is 2.43 bits per heavy atom. The van der Waals surface area contributed by atoms with Gasteiger partial charge in [0.1, 0.15) is 17.3 Å². The molecule has 0 unspecified atom stereocenters. The number of nitrogens with two attached hydrogens (primary N) is 1. The van der Waals surface area contributed by atoms with Crippen LogP contribution in [0.25, 0.3) is 0 Å². The summed E-state index contributed by atoms with van der Waals surface area (Å²) < 4.78 is 40.9. The van der Waals surface area contributed by atoms with Crippen molar-refractivity contribution in [1.82, 2.24) is 4.31 Å². The van der Waals surface area contributed by atoms with E-state index in [4.69, 9.17) is 19.9 Å². The molecule has 0 aliphatic heterocycles. The first-order chi connectivity index (χ1) is 9.91. The molecule has 0 aliphatic rings. The number of anilines is 1. The Morgan fingerprint density at radius 2 is 1.81 bits per heavy atom. The molecule has 2 N–H and O–H groups in total. The molecule has 7 nitrogen and oxygen atoms in total. The van der Waals surface area contributed by atoms with Gasteiger partial charge in [0.15, 0.2) is 0 Å². The fourth-order valence-corrected chi connectivity index (χ4v) is 2.55. The number of hydrogen-bond donors (Lipinski definition) is 1. The zero-order valence-corrected chi connectivity index (χ0v) is 13.4. The number of hydrogen-bond acceptors (Lipinski definition) is 6. The first-order valence-corrected chi connectivity index (χ1v) is 7.85. The number of nitrogens with zero attached hydrogens (tertiary/aromatic N) is 1. The summed E-state index contributed by atoms with van der Waals surface area (Å²) in [5.74, 6) is 0.327. The van der Waals surface area contributed by atoms with E-state index in [2.05, 4.69) is 0 Å². The molecular weight excluding hydrogens is 296 g/mol. The van der Waals surface area contributed by atoms with Gasteiger partial charge >= 0.3 is 0 Å². The number of methoxy groups -OCH3 is 1. The van der Waals surface area contributed by atoms with E-state index >= 15 is 0 Å². The highest BCUT2D eigenvalue weighted by molar-refractivity contribution is 7.89. The van der Waals surface area contributed by atoms with Gasteiger partial charge in [-0.05, 0) is 12.1 Å². The lowest BCUT2D eigenvalue weighted by atomic mass is 10.3. The lowest BCUT2D eigenvalue weighted by molar-refractivity contribution is 0.0545. The summed E-state index contributed by atoms with van der Waals surface area (Å²) in [5, 5.41) is 0. The molecule has 1 aromatic rings. The van der Waals surface area contributed by atoms with E-state index in [0.717, 1.165) is 4.31 Å². The Hall–Kier alpha value is -1.35. The summed E-state index contributed by atoms with van der Waals surface area (Å²) in [5.41, 5.74) is 5.98. The lowest BCUT2D eigenvalue weighted by Crippen LogP contribution is -2.23. The average molecular weight is 318 g/mol. The quantitative estimate of drug-likeness (QED) is 0.528. The number of rotatable bonds is 9. The van der Waals surface area contributed by atoms with Gasteiger partial charge < -0.3 is 19.9 Å². The smallest absolute Gasteiger partial charge is 0.244 e. The standard InChI is InChI=1S/C13H22N2O5S/c1-15(2)21(16,17)12-6-4-5-11(13(12)14)20-10-9-19-8-7-18-3/h4-6H,7-10,14H2,1-3H3. The number of nitrogen functional groups attached to an aromatic ring is 1. The highest BCUT2D eigenvalue weighted by Crippen LogP contribution is 2.29. The van der Waals surface area contributed by atoms with Crippen molar-refractivity contribution in [3.8, 4) is 5.75 Å². The summed E-state index contributed by atoms with van der Waals surface area (Å²) >= 11 is 0. The summed E-state index contributed by atoms with van der Waals surface area (Å²) in [6, 6.07) is 4.67. The maximum Gasteiger partial charge on any atom is 0.244 e. The molecule has 0 fully saturated rings. The Bertz CT molecular complexity index is 545. The van der Waals surface area contributed by atoms with E-state index in [1.165, 1.54) is 20.2 Å². The molecule has 8 heteroatoms. The highest BCUT2D eigenvalue weighted by atomic mass is 32.2. The summed E-state index contributed by atoms with van der Waals surface area (Å²) in [7, 11) is 0.903. The maximum absolute atomic E-state index is 12.1. The molecule has 21 heavy (non-hydrogen) atoms. The van der Waals surface area contributed by atoms with Crippen LogP contribution in [0.1, 0.15) is 0 Å². The van der Waals surface area contributed by atoms with Crippen LogP contribution in [-0.2, 0) is 19.5 Å². The van der Waals surface area contributed by atoms with Crippen molar-refractivity contribution in [2.75, 3.05) is 53.4 Å². The van der Waals surface area contributed by atoms with E-state index in [-0.39, 0.29) is 17.2 Å². The largest absolute Gasteiger partial charge is 0.489 e. The molecule has 0 aromatic heterocycles. The topological polar surface area (TPSA) is 91.1 Å². The molecule has 0 radical (unpaired) electrons. The molecule has 1 rings (SSSR count). The van der Waals surface area contributed by atoms with Gasteiger partial charge in [0.05, 0.1) is 25.5 Å². The monoisotopic (exact) mass is 318 g/mol. The Labute approximate surface area is 125 Å². The zero-order chi connectivity index (χ0) is 15.9. The molecular formula is C13H22N2O5S. The normalized spacial score (nSPS) is 11.8. The number of benzene rings is 1. The summed E-state index contributed by atoms with van der Waals surface area (Å²) in [6.45, 7) is 1.63. The van der Waals surface area contributed by atoms with Crippen molar-refractivity contribution in [3.05, 3.63) is 18.2 Å². The van der Waals surface area contributed by atoms with Gasteiger partial charge in [0.25, 0.3) is 0 Å². The summed E-state index contributed by atoms with van der Waals surface area (Å²) in [4.78, 5) is 0.0327. The van der Waals surface area contributed by atoms with Crippen LogP contribution in [0.5, 0.6) is 5.75 Å². The van der Waals surface area contributed by atoms with E-state index in [9.17, 15) is 8.42 Å². The fraction of sp³-hybridized carbons (Fsp3) is 0.538. The van der Waals surface area contributed by atoms with E-state index in [1.54, 1.807) is 19.2 Å². The second-order valence-corrected chi connectivity index (χ2v) is 6.53. The molecule has 0 spiro atoms. The Kier molecular flexibility index (Phi) is 6.90. The van der Waals surface area contributed by atoms with Crippen molar-refractivity contribution in [2.45, 2.75) is 4.90 Å². The van der Waals surface area contributed by atoms with Crippen LogP contribution >= 0.6 is 0 Å². The van der Waals surface area contributed by atoms with Crippen molar-refractivity contribution in [3.63, 3.8) is 0 Å².